The summed E-state index contributed by atoms with van der Waals surface area (Å²) in [5.74, 6) is -2.30. The monoisotopic (exact) mass is 301 g/mol. The zero-order valence-corrected chi connectivity index (χ0v) is 10.6. The Kier molecular flexibility index (Phi) is 3.97. The molecule has 2 rings (SSSR count). The fourth-order valence-corrected chi connectivity index (χ4v) is 2.04. The fourth-order valence-electron chi connectivity index (χ4n) is 2.04. The second-order valence-electron chi connectivity index (χ2n) is 4.44. The molecule has 0 fully saturated rings. The topological polar surface area (TPSA) is 69.4 Å². The largest absolute Gasteiger partial charge is 0.490 e. The van der Waals surface area contributed by atoms with Gasteiger partial charge in [0.05, 0.1) is 4.92 Å². The van der Waals surface area contributed by atoms with Crippen molar-refractivity contribution in [2.75, 3.05) is 0 Å². The number of rotatable bonds is 2. The van der Waals surface area contributed by atoms with Crippen LogP contribution in [-0.2, 0) is 9.53 Å². The van der Waals surface area contributed by atoms with Crippen LogP contribution < -0.4 is 0 Å². The molecule has 21 heavy (non-hydrogen) atoms. The molecule has 0 radical (unpaired) electrons. The number of hydrogen-bond acceptors (Lipinski definition) is 4. The molecule has 1 aliphatic carbocycles. The molecule has 112 valence electrons. The highest BCUT2D eigenvalue weighted by Gasteiger charge is 2.42. The van der Waals surface area contributed by atoms with Crippen LogP contribution in [0.15, 0.2) is 24.3 Å². The molecule has 0 unspecified atom stereocenters. The first-order chi connectivity index (χ1) is 9.79. The Bertz CT molecular complexity index is 610. The lowest BCUT2D eigenvalue weighted by Gasteiger charge is -2.19. The van der Waals surface area contributed by atoms with Crippen molar-refractivity contribution in [3.8, 4) is 0 Å². The maximum absolute atomic E-state index is 12.3. The van der Waals surface area contributed by atoms with E-state index >= 15 is 0 Å². The molecule has 1 atom stereocenters. The van der Waals surface area contributed by atoms with Crippen LogP contribution in [0.1, 0.15) is 30.1 Å². The van der Waals surface area contributed by atoms with E-state index in [9.17, 15) is 28.1 Å². The number of halogens is 3. The van der Waals surface area contributed by atoms with E-state index in [1.54, 1.807) is 12.2 Å². The molecule has 0 saturated heterocycles. The van der Waals surface area contributed by atoms with Crippen LogP contribution in [0.3, 0.4) is 0 Å². The number of allylic oxidation sites excluding steroid dienone is 1. The average Bonchev–Trinajstić information content (AvgIpc) is 2.59. The molecular formula is C13H10F3NO4. The molecule has 1 aliphatic rings. The number of alkyl halides is 3. The van der Waals surface area contributed by atoms with Gasteiger partial charge in [0, 0.05) is 17.7 Å². The van der Waals surface area contributed by atoms with Gasteiger partial charge in [-0.1, -0.05) is 12.2 Å². The SMILES string of the molecule is O=C(O[C@H]1CCC=Cc2ccc([N+](=O)[O-])cc21)C(F)(F)F. The van der Waals surface area contributed by atoms with E-state index in [1.165, 1.54) is 12.1 Å². The number of esters is 1. The van der Waals surface area contributed by atoms with E-state index in [1.807, 2.05) is 0 Å². The van der Waals surface area contributed by atoms with Crippen molar-refractivity contribution >= 4 is 17.7 Å². The number of carbonyl (C=O) groups excluding carboxylic acids is 1. The first-order valence-corrected chi connectivity index (χ1v) is 6.01. The Morgan fingerprint density at radius 2 is 2.10 bits per heavy atom. The molecule has 0 heterocycles. The lowest BCUT2D eigenvalue weighted by atomic mass is 10.0. The molecule has 1 aromatic carbocycles. The molecule has 0 bridgehead atoms. The minimum Gasteiger partial charge on any atom is -0.451 e. The summed E-state index contributed by atoms with van der Waals surface area (Å²) in [7, 11) is 0. The third kappa shape index (κ3) is 3.39. The summed E-state index contributed by atoms with van der Waals surface area (Å²) in [4.78, 5) is 21.1. The first kappa shape index (κ1) is 15.0. The Balaban J connectivity index is 2.36. The average molecular weight is 301 g/mol. The summed E-state index contributed by atoms with van der Waals surface area (Å²) in [5, 5.41) is 10.8. The molecule has 0 aromatic heterocycles. The fraction of sp³-hybridized carbons (Fsp3) is 0.308. The number of hydrogen-bond donors (Lipinski definition) is 0. The van der Waals surface area contributed by atoms with Gasteiger partial charge in [0.25, 0.3) is 5.69 Å². The van der Waals surface area contributed by atoms with Crippen LogP contribution in [-0.4, -0.2) is 17.1 Å². The number of nitro benzene ring substituents is 1. The number of nitro groups is 1. The molecule has 0 aliphatic heterocycles. The highest BCUT2D eigenvalue weighted by molar-refractivity contribution is 5.76. The maximum atomic E-state index is 12.3. The van der Waals surface area contributed by atoms with Crippen molar-refractivity contribution in [3.05, 3.63) is 45.5 Å². The van der Waals surface area contributed by atoms with Gasteiger partial charge in [0.2, 0.25) is 0 Å². The van der Waals surface area contributed by atoms with Gasteiger partial charge in [-0.15, -0.1) is 0 Å². The number of benzene rings is 1. The van der Waals surface area contributed by atoms with Gasteiger partial charge >= 0.3 is 12.1 Å². The molecular weight excluding hydrogens is 291 g/mol. The van der Waals surface area contributed by atoms with Crippen LogP contribution in [0.25, 0.3) is 6.08 Å². The number of fused-ring (bicyclic) bond motifs is 1. The molecule has 5 nitrogen and oxygen atoms in total. The Hall–Kier alpha value is -2.38. The molecule has 1 aromatic rings. The highest BCUT2D eigenvalue weighted by atomic mass is 19.4. The summed E-state index contributed by atoms with van der Waals surface area (Å²) in [6.45, 7) is 0. The number of nitrogens with zero attached hydrogens (tertiary/aromatic N) is 1. The highest BCUT2D eigenvalue weighted by Crippen LogP contribution is 2.34. The van der Waals surface area contributed by atoms with Crippen LogP contribution in [0, 0.1) is 10.1 Å². The van der Waals surface area contributed by atoms with E-state index < -0.39 is 23.2 Å². The van der Waals surface area contributed by atoms with Crippen LogP contribution in [0.5, 0.6) is 0 Å². The molecule has 0 saturated carbocycles. The third-order valence-corrected chi connectivity index (χ3v) is 3.00. The Morgan fingerprint density at radius 1 is 1.38 bits per heavy atom. The second-order valence-corrected chi connectivity index (χ2v) is 4.44. The van der Waals surface area contributed by atoms with Gasteiger partial charge in [0.1, 0.15) is 6.10 Å². The number of ether oxygens (including phenoxy) is 1. The lowest BCUT2D eigenvalue weighted by Crippen LogP contribution is -2.27. The predicted molar refractivity (Wildman–Crippen MR) is 66.3 cm³/mol. The summed E-state index contributed by atoms with van der Waals surface area (Å²) >= 11 is 0. The number of carbonyl (C=O) groups is 1. The van der Waals surface area contributed by atoms with Gasteiger partial charge in [-0.3, -0.25) is 10.1 Å². The molecule has 0 spiro atoms. The van der Waals surface area contributed by atoms with E-state index in [2.05, 4.69) is 4.74 Å². The van der Waals surface area contributed by atoms with Crippen molar-refractivity contribution in [2.24, 2.45) is 0 Å². The van der Waals surface area contributed by atoms with Crippen molar-refractivity contribution in [2.45, 2.75) is 25.1 Å². The van der Waals surface area contributed by atoms with Crippen molar-refractivity contribution < 1.29 is 27.6 Å². The molecule has 8 heteroatoms. The van der Waals surface area contributed by atoms with Gasteiger partial charge in [-0.25, -0.2) is 4.79 Å². The molecule has 0 amide bonds. The van der Waals surface area contributed by atoms with E-state index in [-0.39, 0.29) is 17.7 Å². The van der Waals surface area contributed by atoms with E-state index in [4.69, 9.17) is 0 Å². The zero-order valence-electron chi connectivity index (χ0n) is 10.6. The minimum absolute atomic E-state index is 0.131. The smallest absolute Gasteiger partial charge is 0.451 e. The summed E-state index contributed by atoms with van der Waals surface area (Å²) in [6.07, 6.45) is -2.37. The summed E-state index contributed by atoms with van der Waals surface area (Å²) < 4.78 is 41.3. The van der Waals surface area contributed by atoms with Crippen LogP contribution in [0.2, 0.25) is 0 Å². The summed E-state index contributed by atoms with van der Waals surface area (Å²) in [5.41, 5.74) is 0.436. The predicted octanol–water partition coefficient (Wildman–Crippen LogP) is 3.55. The van der Waals surface area contributed by atoms with Crippen molar-refractivity contribution in [1.82, 2.24) is 0 Å². The van der Waals surface area contributed by atoms with Crippen LogP contribution in [0.4, 0.5) is 18.9 Å². The molecule has 0 N–H and O–H groups in total. The quantitative estimate of drug-likeness (QED) is 0.476. The zero-order chi connectivity index (χ0) is 15.6. The maximum Gasteiger partial charge on any atom is 0.490 e. The second kappa shape index (κ2) is 5.55. The van der Waals surface area contributed by atoms with Gasteiger partial charge in [-0.2, -0.15) is 13.2 Å². The van der Waals surface area contributed by atoms with Crippen molar-refractivity contribution in [3.63, 3.8) is 0 Å². The Morgan fingerprint density at radius 3 is 2.71 bits per heavy atom. The van der Waals surface area contributed by atoms with Gasteiger partial charge in [0.15, 0.2) is 0 Å². The van der Waals surface area contributed by atoms with Gasteiger partial charge < -0.3 is 4.74 Å². The minimum atomic E-state index is -5.10. The third-order valence-electron chi connectivity index (χ3n) is 3.00. The normalized spacial score (nSPS) is 17.8. The van der Waals surface area contributed by atoms with E-state index in [0.717, 1.165) is 6.07 Å². The van der Waals surface area contributed by atoms with Crippen LogP contribution >= 0.6 is 0 Å². The standard InChI is InChI=1S/C13H10F3NO4/c14-13(15,16)12(18)21-11-4-2-1-3-8-5-6-9(17(19)20)7-10(8)11/h1,3,5-7,11H,2,4H2/t11-/m0/s1. The Labute approximate surface area is 117 Å². The number of non-ortho nitro benzene ring substituents is 1. The summed E-state index contributed by atoms with van der Waals surface area (Å²) in [6, 6.07) is 3.81. The van der Waals surface area contributed by atoms with Crippen molar-refractivity contribution in [1.29, 1.82) is 0 Å². The lowest BCUT2D eigenvalue weighted by molar-refractivity contribution is -0.385. The van der Waals surface area contributed by atoms with Gasteiger partial charge in [-0.05, 0) is 24.5 Å². The van der Waals surface area contributed by atoms with E-state index in [0.29, 0.717) is 12.0 Å². The first-order valence-electron chi connectivity index (χ1n) is 6.01.